The van der Waals surface area contributed by atoms with Crippen molar-refractivity contribution < 1.29 is 23.8 Å². The van der Waals surface area contributed by atoms with Crippen LogP contribution in [0.25, 0.3) is 0 Å². The molecule has 1 aromatic heterocycles. The van der Waals surface area contributed by atoms with E-state index in [1.165, 1.54) is 19.2 Å². The van der Waals surface area contributed by atoms with Gasteiger partial charge >= 0.3 is 5.97 Å². The van der Waals surface area contributed by atoms with E-state index in [0.29, 0.717) is 5.56 Å². The zero-order valence-corrected chi connectivity index (χ0v) is 12.1. The number of nitrogens with one attached hydrogen (secondary N) is 1. The molecule has 21 heavy (non-hydrogen) atoms. The van der Waals surface area contributed by atoms with Crippen molar-refractivity contribution >= 4 is 28.9 Å². The fraction of sp³-hybridized carbons (Fsp3) is 0.143. The van der Waals surface area contributed by atoms with Crippen molar-refractivity contribution in [1.82, 2.24) is 0 Å². The summed E-state index contributed by atoms with van der Waals surface area (Å²) in [7, 11) is 1.30. The molecule has 2 rings (SSSR count). The third-order valence-electron chi connectivity index (χ3n) is 2.82. The molecule has 0 aliphatic rings. The summed E-state index contributed by atoms with van der Waals surface area (Å²) in [6.45, 7) is 1.70. The Morgan fingerprint density at radius 1 is 1.38 bits per heavy atom. The molecule has 7 heteroatoms. The normalized spacial score (nSPS) is 10.2. The summed E-state index contributed by atoms with van der Waals surface area (Å²) in [5.74, 6) is -2.27. The third-order valence-corrected chi connectivity index (χ3v) is 3.91. The quantitative estimate of drug-likeness (QED) is 0.909. The lowest BCUT2D eigenvalue weighted by molar-refractivity contribution is 0.0703. The van der Waals surface area contributed by atoms with Crippen molar-refractivity contribution in [3.05, 3.63) is 45.4 Å². The lowest BCUT2D eigenvalue weighted by atomic mass is 10.1. The SMILES string of the molecule is COc1cc(C(=O)Nc2c(C)csc2C(=O)O)ccc1F. The molecule has 0 bridgehead atoms. The minimum atomic E-state index is -1.11. The monoisotopic (exact) mass is 309 g/mol. The van der Waals surface area contributed by atoms with Crippen LogP contribution in [0.3, 0.4) is 0 Å². The van der Waals surface area contributed by atoms with Gasteiger partial charge < -0.3 is 15.2 Å². The Bertz CT molecular complexity index is 711. The van der Waals surface area contributed by atoms with Gasteiger partial charge in [-0.2, -0.15) is 0 Å². The molecule has 0 spiro atoms. The van der Waals surface area contributed by atoms with Gasteiger partial charge in [0, 0.05) is 5.56 Å². The maximum Gasteiger partial charge on any atom is 0.348 e. The number of ether oxygens (including phenoxy) is 1. The molecule has 0 saturated heterocycles. The summed E-state index contributed by atoms with van der Waals surface area (Å²) < 4.78 is 18.1. The summed E-state index contributed by atoms with van der Waals surface area (Å²) in [4.78, 5) is 23.3. The second kappa shape index (κ2) is 5.92. The molecule has 5 nitrogen and oxygen atoms in total. The highest BCUT2D eigenvalue weighted by Crippen LogP contribution is 2.28. The molecule has 0 unspecified atom stereocenters. The van der Waals surface area contributed by atoms with Crippen molar-refractivity contribution in [2.75, 3.05) is 12.4 Å². The fourth-order valence-electron chi connectivity index (χ4n) is 1.74. The average molecular weight is 309 g/mol. The first-order valence-corrected chi connectivity index (χ1v) is 6.78. The zero-order valence-electron chi connectivity index (χ0n) is 11.3. The Morgan fingerprint density at radius 2 is 2.10 bits per heavy atom. The standard InChI is InChI=1S/C14H12FNO4S/c1-7-6-21-12(14(18)19)11(7)16-13(17)8-3-4-9(15)10(5-8)20-2/h3-6H,1-2H3,(H,16,17)(H,18,19). The number of benzene rings is 1. The van der Waals surface area contributed by atoms with Gasteiger partial charge in [0.1, 0.15) is 4.88 Å². The predicted octanol–water partition coefficient (Wildman–Crippen LogP) is 3.15. The van der Waals surface area contributed by atoms with E-state index in [1.807, 2.05) is 0 Å². The first-order valence-electron chi connectivity index (χ1n) is 5.90. The maximum atomic E-state index is 13.3. The highest BCUT2D eigenvalue weighted by Gasteiger charge is 2.18. The number of halogens is 1. The van der Waals surface area contributed by atoms with Crippen LogP contribution in [0.15, 0.2) is 23.6 Å². The van der Waals surface area contributed by atoms with E-state index in [4.69, 9.17) is 9.84 Å². The molecule has 1 amide bonds. The van der Waals surface area contributed by atoms with Crippen molar-refractivity contribution in [2.45, 2.75) is 6.92 Å². The summed E-state index contributed by atoms with van der Waals surface area (Å²) in [6, 6.07) is 3.68. The number of anilines is 1. The highest BCUT2D eigenvalue weighted by molar-refractivity contribution is 7.12. The summed E-state index contributed by atoms with van der Waals surface area (Å²) >= 11 is 1.03. The number of hydrogen-bond donors (Lipinski definition) is 2. The van der Waals surface area contributed by atoms with Crippen LogP contribution < -0.4 is 10.1 Å². The van der Waals surface area contributed by atoms with E-state index in [9.17, 15) is 14.0 Å². The van der Waals surface area contributed by atoms with Crippen LogP contribution in [0, 0.1) is 12.7 Å². The zero-order chi connectivity index (χ0) is 15.6. The lowest BCUT2D eigenvalue weighted by Gasteiger charge is -2.08. The smallest absolute Gasteiger partial charge is 0.348 e. The average Bonchev–Trinajstić information content (AvgIpc) is 2.81. The minimum Gasteiger partial charge on any atom is -0.494 e. The van der Waals surface area contributed by atoms with Crippen molar-refractivity contribution in [3.63, 3.8) is 0 Å². The van der Waals surface area contributed by atoms with Gasteiger partial charge in [-0.05, 0) is 36.1 Å². The second-order valence-corrected chi connectivity index (χ2v) is 5.11. The number of carbonyl (C=O) groups is 2. The molecule has 0 aliphatic carbocycles. The third kappa shape index (κ3) is 3.03. The fourth-order valence-corrected chi connectivity index (χ4v) is 2.59. The largest absolute Gasteiger partial charge is 0.494 e. The highest BCUT2D eigenvalue weighted by atomic mass is 32.1. The number of carboxylic acid groups (broad SMARTS) is 1. The molecule has 0 saturated carbocycles. The first-order chi connectivity index (χ1) is 9.93. The molecule has 2 N–H and O–H groups in total. The Labute approximate surface area is 124 Å². The summed E-state index contributed by atoms with van der Waals surface area (Å²) in [6.07, 6.45) is 0. The Kier molecular flexibility index (Phi) is 4.23. The van der Waals surface area contributed by atoms with Gasteiger partial charge in [-0.1, -0.05) is 0 Å². The maximum absolute atomic E-state index is 13.3. The predicted molar refractivity (Wildman–Crippen MR) is 76.9 cm³/mol. The van der Waals surface area contributed by atoms with Gasteiger partial charge in [-0.3, -0.25) is 4.79 Å². The number of thiophene rings is 1. The Morgan fingerprint density at radius 3 is 2.71 bits per heavy atom. The Hall–Kier alpha value is -2.41. The van der Waals surface area contributed by atoms with Crippen LogP contribution in [-0.2, 0) is 0 Å². The second-order valence-electron chi connectivity index (χ2n) is 4.23. The van der Waals surface area contributed by atoms with Crippen LogP contribution in [0.2, 0.25) is 0 Å². The molecule has 2 aromatic rings. The van der Waals surface area contributed by atoms with E-state index in [2.05, 4.69) is 5.32 Å². The number of aryl methyl sites for hydroxylation is 1. The molecular formula is C14H12FNO4S. The first kappa shape index (κ1) is 15.0. The van der Waals surface area contributed by atoms with Crippen LogP contribution in [0.1, 0.15) is 25.6 Å². The lowest BCUT2D eigenvalue weighted by Crippen LogP contribution is -2.14. The number of aromatic carboxylic acids is 1. The van der Waals surface area contributed by atoms with Crippen molar-refractivity contribution in [1.29, 1.82) is 0 Å². The van der Waals surface area contributed by atoms with Gasteiger partial charge in [-0.15, -0.1) is 11.3 Å². The summed E-state index contributed by atoms with van der Waals surface area (Å²) in [5, 5.41) is 13.3. The number of amides is 1. The Balaban J connectivity index is 2.30. The summed E-state index contributed by atoms with van der Waals surface area (Å²) in [5.41, 5.74) is 1.08. The molecule has 0 fully saturated rings. The van der Waals surface area contributed by atoms with Gasteiger partial charge in [0.05, 0.1) is 12.8 Å². The van der Waals surface area contributed by atoms with Crippen molar-refractivity contribution in [3.8, 4) is 5.75 Å². The number of carboxylic acids is 1. The van der Waals surface area contributed by atoms with E-state index in [-0.39, 0.29) is 21.9 Å². The van der Waals surface area contributed by atoms with Crippen molar-refractivity contribution in [2.24, 2.45) is 0 Å². The molecule has 1 aromatic carbocycles. The molecule has 0 atom stereocenters. The van der Waals surface area contributed by atoms with E-state index >= 15 is 0 Å². The van der Waals surface area contributed by atoms with Crippen LogP contribution in [0.4, 0.5) is 10.1 Å². The van der Waals surface area contributed by atoms with Gasteiger partial charge in [0.15, 0.2) is 11.6 Å². The van der Waals surface area contributed by atoms with Crippen LogP contribution in [-0.4, -0.2) is 24.1 Å². The topological polar surface area (TPSA) is 75.6 Å². The van der Waals surface area contributed by atoms with E-state index in [0.717, 1.165) is 17.4 Å². The van der Waals surface area contributed by atoms with Gasteiger partial charge in [0.25, 0.3) is 5.91 Å². The molecule has 0 aliphatic heterocycles. The van der Waals surface area contributed by atoms with Gasteiger partial charge in [-0.25, -0.2) is 9.18 Å². The van der Waals surface area contributed by atoms with Gasteiger partial charge in [0.2, 0.25) is 0 Å². The number of carbonyl (C=O) groups excluding carboxylic acids is 1. The van der Waals surface area contributed by atoms with Crippen LogP contribution in [0.5, 0.6) is 5.75 Å². The van der Waals surface area contributed by atoms with E-state index < -0.39 is 17.7 Å². The number of rotatable bonds is 4. The minimum absolute atomic E-state index is 0.0509. The van der Waals surface area contributed by atoms with E-state index in [1.54, 1.807) is 12.3 Å². The molecule has 1 heterocycles. The number of methoxy groups -OCH3 is 1. The molecule has 0 radical (unpaired) electrons. The molecule has 110 valence electrons. The number of hydrogen-bond acceptors (Lipinski definition) is 4. The molecular weight excluding hydrogens is 297 g/mol. The van der Waals surface area contributed by atoms with Crippen LogP contribution >= 0.6 is 11.3 Å².